The van der Waals surface area contributed by atoms with Crippen LogP contribution in [0.25, 0.3) is 10.2 Å². The Morgan fingerprint density at radius 2 is 2.03 bits per heavy atom. The fourth-order valence-electron chi connectivity index (χ4n) is 4.02. The second kappa shape index (κ2) is 9.03. The van der Waals surface area contributed by atoms with Crippen LogP contribution < -0.4 is 0 Å². The topological polar surface area (TPSA) is 98.6 Å². The molecular formula is C22H25N3O5S2. The molecule has 170 valence electrons. The van der Waals surface area contributed by atoms with Gasteiger partial charge in [-0.05, 0) is 31.9 Å². The number of aryl methyl sites for hydroxylation is 1. The first-order chi connectivity index (χ1) is 15.3. The van der Waals surface area contributed by atoms with Gasteiger partial charge in [0, 0.05) is 18.0 Å². The Morgan fingerprint density at radius 3 is 2.69 bits per heavy atom. The number of hydrogen-bond acceptors (Lipinski definition) is 7. The zero-order valence-electron chi connectivity index (χ0n) is 18.0. The average molecular weight is 476 g/mol. The largest absolute Gasteiger partial charge is 0.451 e. The third-order valence-electron chi connectivity index (χ3n) is 5.62. The standard InChI is InChI=1S/C22H25N3O5S2/c1-3-24(17-9-10-32(28,29)14-17)20(26)13-30-22(27)19-11-18-15(2)23-25(21(18)31-19)12-16-7-5-4-6-8-16/h4-8,11,17H,3,9-10,12-14H2,1-2H3. The Balaban J connectivity index is 1.43. The van der Waals surface area contributed by atoms with Gasteiger partial charge in [-0.1, -0.05) is 30.3 Å². The third kappa shape index (κ3) is 4.71. The number of likely N-dealkylation sites (N-methyl/N-ethyl adjacent to an activating group) is 1. The van der Waals surface area contributed by atoms with E-state index < -0.39 is 22.4 Å². The van der Waals surface area contributed by atoms with Crippen molar-refractivity contribution in [3.8, 4) is 0 Å². The molecule has 0 N–H and O–H groups in total. The number of sulfone groups is 1. The van der Waals surface area contributed by atoms with E-state index in [2.05, 4.69) is 5.10 Å². The fraction of sp³-hybridized carbons (Fsp3) is 0.409. The summed E-state index contributed by atoms with van der Waals surface area (Å²) in [7, 11) is -3.11. The van der Waals surface area contributed by atoms with Gasteiger partial charge in [-0.3, -0.25) is 9.48 Å². The summed E-state index contributed by atoms with van der Waals surface area (Å²) in [6.07, 6.45) is 0.420. The molecule has 0 spiro atoms. The number of carbonyl (C=O) groups excluding carboxylic acids is 2. The molecule has 2 aromatic heterocycles. The number of thiophene rings is 1. The van der Waals surface area contributed by atoms with Crippen LogP contribution in [-0.4, -0.2) is 65.7 Å². The van der Waals surface area contributed by atoms with E-state index in [9.17, 15) is 18.0 Å². The monoisotopic (exact) mass is 475 g/mol. The number of fused-ring (bicyclic) bond motifs is 1. The van der Waals surface area contributed by atoms with Crippen LogP contribution >= 0.6 is 11.3 Å². The van der Waals surface area contributed by atoms with E-state index >= 15 is 0 Å². The zero-order chi connectivity index (χ0) is 22.9. The molecule has 0 radical (unpaired) electrons. The van der Waals surface area contributed by atoms with Crippen molar-refractivity contribution in [1.29, 1.82) is 0 Å². The Morgan fingerprint density at radius 1 is 1.28 bits per heavy atom. The summed E-state index contributed by atoms with van der Waals surface area (Å²) in [6.45, 7) is 4.23. The highest BCUT2D eigenvalue weighted by molar-refractivity contribution is 7.91. The second-order valence-corrected chi connectivity index (χ2v) is 11.1. The van der Waals surface area contributed by atoms with Gasteiger partial charge >= 0.3 is 5.97 Å². The van der Waals surface area contributed by atoms with Gasteiger partial charge in [0.15, 0.2) is 16.4 Å². The van der Waals surface area contributed by atoms with Gasteiger partial charge in [0.2, 0.25) is 0 Å². The van der Waals surface area contributed by atoms with Crippen molar-refractivity contribution in [1.82, 2.24) is 14.7 Å². The van der Waals surface area contributed by atoms with Crippen molar-refractivity contribution < 1.29 is 22.7 Å². The number of hydrogen-bond donors (Lipinski definition) is 0. The number of carbonyl (C=O) groups is 2. The first-order valence-corrected chi connectivity index (χ1v) is 13.1. The number of aromatic nitrogens is 2. The van der Waals surface area contributed by atoms with Crippen LogP contribution in [-0.2, 0) is 25.9 Å². The van der Waals surface area contributed by atoms with E-state index in [1.165, 1.54) is 16.2 Å². The summed E-state index contributed by atoms with van der Waals surface area (Å²) < 4.78 is 30.6. The van der Waals surface area contributed by atoms with Crippen LogP contribution in [0.3, 0.4) is 0 Å². The molecule has 3 heterocycles. The maximum atomic E-state index is 12.6. The van der Waals surface area contributed by atoms with Gasteiger partial charge in [0.05, 0.1) is 23.7 Å². The Hall–Kier alpha value is -2.72. The number of rotatable bonds is 7. The molecule has 4 rings (SSSR count). The van der Waals surface area contributed by atoms with Crippen LogP contribution in [0, 0.1) is 6.92 Å². The quantitative estimate of drug-likeness (QED) is 0.487. The molecular weight excluding hydrogens is 450 g/mol. The van der Waals surface area contributed by atoms with E-state index in [0.29, 0.717) is 24.4 Å². The SMILES string of the molecule is CCN(C(=O)COC(=O)c1cc2c(C)nn(Cc3ccccc3)c2s1)C1CCS(=O)(=O)C1. The lowest BCUT2D eigenvalue weighted by atomic mass is 10.2. The highest BCUT2D eigenvalue weighted by atomic mass is 32.2. The number of ether oxygens (including phenoxy) is 1. The lowest BCUT2D eigenvalue weighted by Gasteiger charge is -2.26. The normalized spacial score (nSPS) is 17.5. The van der Waals surface area contributed by atoms with Crippen molar-refractivity contribution in [3.63, 3.8) is 0 Å². The first kappa shape index (κ1) is 22.5. The summed E-state index contributed by atoms with van der Waals surface area (Å²) in [5.74, 6) is -0.896. The van der Waals surface area contributed by atoms with Crippen LogP contribution in [0.4, 0.5) is 0 Å². The first-order valence-electron chi connectivity index (χ1n) is 10.5. The summed E-state index contributed by atoms with van der Waals surface area (Å²) in [4.78, 5) is 28.0. The van der Waals surface area contributed by atoms with Crippen LogP contribution in [0.5, 0.6) is 0 Å². The van der Waals surface area contributed by atoms with Crippen molar-refractivity contribution in [2.24, 2.45) is 0 Å². The molecule has 1 aliphatic rings. The highest BCUT2D eigenvalue weighted by Gasteiger charge is 2.34. The molecule has 1 unspecified atom stereocenters. The van der Waals surface area contributed by atoms with Gasteiger partial charge in [-0.2, -0.15) is 5.10 Å². The summed E-state index contributed by atoms with van der Waals surface area (Å²) in [5.41, 5.74) is 1.93. The van der Waals surface area contributed by atoms with E-state index in [1.807, 2.05) is 41.9 Å². The Bertz CT molecular complexity index is 1250. The molecule has 8 nitrogen and oxygen atoms in total. The van der Waals surface area contributed by atoms with Crippen LogP contribution in [0.2, 0.25) is 0 Å². The fourth-order valence-corrected chi connectivity index (χ4v) is 6.80. The van der Waals surface area contributed by atoms with Gasteiger partial charge in [-0.15, -0.1) is 11.3 Å². The second-order valence-electron chi connectivity index (χ2n) is 7.87. The molecule has 1 aromatic carbocycles. The van der Waals surface area contributed by atoms with E-state index in [0.717, 1.165) is 21.5 Å². The molecule has 1 fully saturated rings. The maximum Gasteiger partial charge on any atom is 0.348 e. The number of nitrogens with zero attached hydrogens (tertiary/aromatic N) is 3. The Labute approximate surface area is 190 Å². The van der Waals surface area contributed by atoms with Crippen LogP contribution in [0.15, 0.2) is 36.4 Å². The highest BCUT2D eigenvalue weighted by Crippen LogP contribution is 2.29. The van der Waals surface area contributed by atoms with Crippen molar-refractivity contribution in [3.05, 3.63) is 52.5 Å². The number of benzene rings is 1. The number of amides is 1. The van der Waals surface area contributed by atoms with Crippen LogP contribution in [0.1, 0.15) is 34.3 Å². The minimum absolute atomic E-state index is 0.0337. The molecule has 0 aliphatic carbocycles. The van der Waals surface area contributed by atoms with E-state index in [1.54, 1.807) is 13.0 Å². The molecule has 1 aliphatic heterocycles. The summed E-state index contributed by atoms with van der Waals surface area (Å²) in [6, 6.07) is 11.3. The molecule has 32 heavy (non-hydrogen) atoms. The van der Waals surface area contributed by atoms with E-state index in [4.69, 9.17) is 4.74 Å². The van der Waals surface area contributed by atoms with Crippen molar-refractivity contribution >= 4 is 43.3 Å². The molecule has 1 saturated heterocycles. The molecule has 0 bridgehead atoms. The molecule has 10 heteroatoms. The van der Waals surface area contributed by atoms with E-state index in [-0.39, 0.29) is 23.5 Å². The lowest BCUT2D eigenvalue weighted by molar-refractivity contribution is -0.136. The average Bonchev–Trinajstić information content (AvgIpc) is 3.43. The van der Waals surface area contributed by atoms with Crippen molar-refractivity contribution in [2.45, 2.75) is 32.9 Å². The number of esters is 1. The molecule has 3 aromatic rings. The predicted molar refractivity (Wildman–Crippen MR) is 123 cm³/mol. The van der Waals surface area contributed by atoms with Gasteiger partial charge < -0.3 is 9.64 Å². The van der Waals surface area contributed by atoms with Gasteiger partial charge in [-0.25, -0.2) is 13.2 Å². The van der Waals surface area contributed by atoms with Gasteiger partial charge in [0.1, 0.15) is 9.71 Å². The maximum absolute atomic E-state index is 12.6. The minimum Gasteiger partial charge on any atom is -0.451 e. The minimum atomic E-state index is -3.11. The lowest BCUT2D eigenvalue weighted by Crippen LogP contribution is -2.43. The summed E-state index contributed by atoms with van der Waals surface area (Å²) >= 11 is 1.28. The smallest absolute Gasteiger partial charge is 0.348 e. The molecule has 0 saturated carbocycles. The molecule has 1 atom stereocenters. The van der Waals surface area contributed by atoms with Crippen molar-refractivity contribution in [2.75, 3.05) is 24.7 Å². The summed E-state index contributed by atoms with van der Waals surface area (Å²) in [5, 5.41) is 5.46. The third-order valence-corrected chi connectivity index (χ3v) is 8.50. The zero-order valence-corrected chi connectivity index (χ0v) is 19.6. The molecule has 1 amide bonds. The predicted octanol–water partition coefficient (Wildman–Crippen LogP) is 2.65. The Kier molecular flexibility index (Phi) is 6.34. The van der Waals surface area contributed by atoms with Gasteiger partial charge in [0.25, 0.3) is 5.91 Å².